The Hall–Kier alpha value is -2.53. The van der Waals surface area contributed by atoms with Gasteiger partial charge in [-0.05, 0) is 50.1 Å². The van der Waals surface area contributed by atoms with Crippen LogP contribution in [-0.2, 0) is 6.42 Å². The molecule has 0 radical (unpaired) electrons. The van der Waals surface area contributed by atoms with E-state index in [0.29, 0.717) is 28.7 Å². The van der Waals surface area contributed by atoms with Gasteiger partial charge in [0.25, 0.3) is 0 Å². The van der Waals surface area contributed by atoms with Crippen LogP contribution < -0.4 is 0 Å². The van der Waals surface area contributed by atoms with Gasteiger partial charge in [0.05, 0.1) is 16.4 Å². The van der Waals surface area contributed by atoms with Crippen molar-refractivity contribution in [2.75, 3.05) is 0 Å². The standard InChI is InChI=1S/C19H17ClN4O/c1-11(25)16-8-13(4-5-17(16)20)19-21-7-6-14(22-19)9-15-10-18(24-23-15)12-2-3-12/h4-8,10,12H,2-3,9H2,1H3,(H,23,24). The number of aromatic amines is 1. The minimum Gasteiger partial charge on any atom is -0.294 e. The van der Waals surface area contributed by atoms with Crippen LogP contribution in [0.2, 0.25) is 5.02 Å². The van der Waals surface area contributed by atoms with Gasteiger partial charge in [0.2, 0.25) is 0 Å². The normalized spacial score (nSPS) is 13.8. The summed E-state index contributed by atoms with van der Waals surface area (Å²) in [6, 6.07) is 9.29. The highest BCUT2D eigenvalue weighted by molar-refractivity contribution is 6.34. The summed E-state index contributed by atoms with van der Waals surface area (Å²) in [5.41, 5.74) is 4.35. The molecule has 4 rings (SSSR count). The number of halogens is 1. The number of hydrogen-bond donors (Lipinski definition) is 1. The Kier molecular flexibility index (Phi) is 4.09. The highest BCUT2D eigenvalue weighted by atomic mass is 35.5. The van der Waals surface area contributed by atoms with Crippen molar-refractivity contribution in [3.63, 3.8) is 0 Å². The van der Waals surface area contributed by atoms with Crippen LogP contribution in [0.4, 0.5) is 0 Å². The summed E-state index contributed by atoms with van der Waals surface area (Å²) in [5.74, 6) is 1.14. The molecule has 0 amide bonds. The van der Waals surface area contributed by atoms with Gasteiger partial charge >= 0.3 is 0 Å². The van der Waals surface area contributed by atoms with Crippen molar-refractivity contribution in [3.8, 4) is 11.4 Å². The molecule has 1 fully saturated rings. The van der Waals surface area contributed by atoms with Gasteiger partial charge in [-0.1, -0.05) is 11.6 Å². The van der Waals surface area contributed by atoms with E-state index in [1.807, 2.05) is 12.1 Å². The maximum atomic E-state index is 11.7. The molecular weight excluding hydrogens is 336 g/mol. The SMILES string of the molecule is CC(=O)c1cc(-c2nccc(Cc3cc(C4CC4)n[nH]3)n2)ccc1Cl. The maximum absolute atomic E-state index is 11.7. The van der Waals surface area contributed by atoms with Gasteiger partial charge < -0.3 is 0 Å². The maximum Gasteiger partial charge on any atom is 0.161 e. The molecule has 1 aromatic carbocycles. The largest absolute Gasteiger partial charge is 0.294 e. The van der Waals surface area contributed by atoms with E-state index in [-0.39, 0.29) is 5.78 Å². The second kappa shape index (κ2) is 6.41. The molecule has 0 aliphatic heterocycles. The number of carbonyl (C=O) groups is 1. The first kappa shape index (κ1) is 16.0. The number of nitrogens with zero attached hydrogens (tertiary/aromatic N) is 3. The Morgan fingerprint density at radius 3 is 2.88 bits per heavy atom. The van der Waals surface area contributed by atoms with Gasteiger partial charge in [0.1, 0.15) is 0 Å². The zero-order valence-corrected chi connectivity index (χ0v) is 14.5. The average molecular weight is 353 g/mol. The van der Waals surface area contributed by atoms with Crippen LogP contribution >= 0.6 is 11.6 Å². The van der Waals surface area contributed by atoms with E-state index in [1.165, 1.54) is 19.8 Å². The van der Waals surface area contributed by atoms with Gasteiger partial charge in [-0.25, -0.2) is 9.97 Å². The van der Waals surface area contributed by atoms with Crippen molar-refractivity contribution in [3.05, 3.63) is 64.2 Å². The monoisotopic (exact) mass is 352 g/mol. The van der Waals surface area contributed by atoms with Crippen molar-refractivity contribution < 1.29 is 4.79 Å². The van der Waals surface area contributed by atoms with Crippen molar-refractivity contribution in [1.82, 2.24) is 20.2 Å². The molecule has 0 bridgehead atoms. The number of H-pyrrole nitrogens is 1. The molecule has 0 spiro atoms. The Morgan fingerprint density at radius 2 is 2.12 bits per heavy atom. The van der Waals surface area contributed by atoms with E-state index in [4.69, 9.17) is 11.6 Å². The van der Waals surface area contributed by atoms with Crippen molar-refractivity contribution >= 4 is 17.4 Å². The van der Waals surface area contributed by atoms with Gasteiger partial charge in [-0.2, -0.15) is 5.10 Å². The van der Waals surface area contributed by atoms with Crippen LogP contribution in [0, 0.1) is 0 Å². The minimum atomic E-state index is -0.0759. The third-order valence-electron chi connectivity index (χ3n) is 4.34. The summed E-state index contributed by atoms with van der Waals surface area (Å²) in [7, 11) is 0. The Morgan fingerprint density at radius 1 is 1.28 bits per heavy atom. The molecule has 1 N–H and O–H groups in total. The van der Waals surface area contributed by atoms with E-state index in [2.05, 4.69) is 26.2 Å². The Bertz CT molecular complexity index is 946. The predicted molar refractivity (Wildman–Crippen MR) is 95.9 cm³/mol. The van der Waals surface area contributed by atoms with Crippen LogP contribution in [0.5, 0.6) is 0 Å². The molecule has 2 aromatic heterocycles. The molecule has 1 aliphatic carbocycles. The van der Waals surface area contributed by atoms with Gasteiger partial charge in [-0.3, -0.25) is 9.89 Å². The summed E-state index contributed by atoms with van der Waals surface area (Å²) < 4.78 is 0. The first-order valence-electron chi connectivity index (χ1n) is 8.27. The van der Waals surface area contributed by atoms with E-state index >= 15 is 0 Å². The summed E-state index contributed by atoms with van der Waals surface area (Å²) in [5, 5.41) is 7.91. The fourth-order valence-electron chi connectivity index (χ4n) is 2.82. The molecule has 0 saturated heterocycles. The first-order chi connectivity index (χ1) is 12.1. The molecular formula is C19H17ClN4O. The fraction of sp³-hybridized carbons (Fsp3) is 0.263. The smallest absolute Gasteiger partial charge is 0.161 e. The van der Waals surface area contributed by atoms with E-state index in [0.717, 1.165) is 22.6 Å². The number of rotatable bonds is 5. The zero-order valence-electron chi connectivity index (χ0n) is 13.8. The number of benzene rings is 1. The van der Waals surface area contributed by atoms with Crippen LogP contribution in [0.25, 0.3) is 11.4 Å². The van der Waals surface area contributed by atoms with Crippen molar-refractivity contribution in [1.29, 1.82) is 0 Å². The van der Waals surface area contributed by atoms with Gasteiger partial charge in [0.15, 0.2) is 11.6 Å². The van der Waals surface area contributed by atoms with Crippen molar-refractivity contribution in [2.24, 2.45) is 0 Å². The molecule has 126 valence electrons. The predicted octanol–water partition coefficient (Wildman–Crippen LogP) is 4.19. The lowest BCUT2D eigenvalue weighted by molar-refractivity contribution is 0.101. The number of aromatic nitrogens is 4. The van der Waals surface area contributed by atoms with Crippen LogP contribution in [-0.4, -0.2) is 25.9 Å². The van der Waals surface area contributed by atoms with Crippen molar-refractivity contribution in [2.45, 2.75) is 32.1 Å². The van der Waals surface area contributed by atoms with E-state index in [1.54, 1.807) is 18.3 Å². The number of nitrogens with one attached hydrogen (secondary N) is 1. The highest BCUT2D eigenvalue weighted by Gasteiger charge is 2.26. The van der Waals surface area contributed by atoms with E-state index < -0.39 is 0 Å². The van der Waals surface area contributed by atoms with Gasteiger partial charge in [0, 0.05) is 35.4 Å². The van der Waals surface area contributed by atoms with Crippen LogP contribution in [0.3, 0.4) is 0 Å². The number of hydrogen-bond acceptors (Lipinski definition) is 4. The number of Topliss-reactive ketones (excluding diaryl/α,β-unsaturated/α-hetero) is 1. The number of ketones is 1. The lowest BCUT2D eigenvalue weighted by Gasteiger charge is -2.06. The quantitative estimate of drug-likeness (QED) is 0.699. The number of carbonyl (C=O) groups excluding carboxylic acids is 1. The minimum absolute atomic E-state index is 0.0759. The van der Waals surface area contributed by atoms with E-state index in [9.17, 15) is 4.79 Å². The molecule has 25 heavy (non-hydrogen) atoms. The molecule has 1 aliphatic rings. The summed E-state index contributed by atoms with van der Waals surface area (Å²) in [4.78, 5) is 20.6. The Balaban J connectivity index is 1.60. The second-order valence-corrected chi connectivity index (χ2v) is 6.80. The molecule has 1 saturated carbocycles. The molecule has 3 aromatic rings. The topological polar surface area (TPSA) is 71.5 Å². The van der Waals surface area contributed by atoms with Crippen LogP contribution in [0.1, 0.15) is 53.1 Å². The third-order valence-corrected chi connectivity index (χ3v) is 4.66. The average Bonchev–Trinajstić information content (AvgIpc) is 3.35. The molecule has 6 heteroatoms. The lowest BCUT2D eigenvalue weighted by atomic mass is 10.1. The Labute approximate surface area is 150 Å². The van der Waals surface area contributed by atoms with Crippen LogP contribution in [0.15, 0.2) is 36.5 Å². The fourth-order valence-corrected chi connectivity index (χ4v) is 3.07. The second-order valence-electron chi connectivity index (χ2n) is 6.39. The highest BCUT2D eigenvalue weighted by Crippen LogP contribution is 2.39. The summed E-state index contributed by atoms with van der Waals surface area (Å²) in [6.45, 7) is 1.50. The van der Waals surface area contributed by atoms with Gasteiger partial charge in [-0.15, -0.1) is 0 Å². The lowest BCUT2D eigenvalue weighted by Crippen LogP contribution is -1.99. The summed E-state index contributed by atoms with van der Waals surface area (Å²) in [6.07, 6.45) is 4.87. The molecule has 2 heterocycles. The zero-order chi connectivity index (χ0) is 17.4. The molecule has 5 nitrogen and oxygen atoms in total. The molecule has 0 atom stereocenters. The third kappa shape index (κ3) is 3.46. The first-order valence-corrected chi connectivity index (χ1v) is 8.65. The molecule has 0 unspecified atom stereocenters. The summed E-state index contributed by atoms with van der Waals surface area (Å²) >= 11 is 6.08.